The number of hydrogen-bond donors (Lipinski definition) is 3. The Morgan fingerprint density at radius 3 is 3.00 bits per heavy atom. The standard InChI is InChI=1S/C13H16FN5O/c14-11-4-1-3-10(12(11)18-15)13(20)17-5-2-7-19-8-6-16-9-19/h1,3-4,6,8-9,18H,2,5,7,15H2,(H,17,20). The number of carbonyl (C=O) groups is 1. The Hall–Kier alpha value is -2.41. The second kappa shape index (κ2) is 6.67. The largest absolute Gasteiger partial charge is 0.352 e. The lowest BCUT2D eigenvalue weighted by Gasteiger charge is -2.10. The fraction of sp³-hybridized carbons (Fsp3) is 0.231. The highest BCUT2D eigenvalue weighted by molar-refractivity contribution is 5.99. The van der Waals surface area contributed by atoms with E-state index in [0.29, 0.717) is 6.54 Å². The number of nitrogen functional groups attached to an aromatic ring is 1. The van der Waals surface area contributed by atoms with Crippen molar-refractivity contribution in [3.63, 3.8) is 0 Å². The quantitative estimate of drug-likeness (QED) is 0.420. The minimum absolute atomic E-state index is 0.000361. The molecule has 2 aromatic rings. The number of carbonyl (C=O) groups excluding carboxylic acids is 1. The molecule has 1 aromatic heterocycles. The average molecular weight is 277 g/mol. The van der Waals surface area contributed by atoms with E-state index in [-0.39, 0.29) is 17.2 Å². The highest BCUT2D eigenvalue weighted by Gasteiger charge is 2.13. The maximum absolute atomic E-state index is 13.5. The van der Waals surface area contributed by atoms with Crippen LogP contribution in [0.3, 0.4) is 0 Å². The molecule has 6 nitrogen and oxygen atoms in total. The fourth-order valence-corrected chi connectivity index (χ4v) is 1.84. The fourth-order valence-electron chi connectivity index (χ4n) is 1.84. The second-order valence-electron chi connectivity index (χ2n) is 4.22. The number of hydrazine groups is 1. The first-order chi connectivity index (χ1) is 9.72. The van der Waals surface area contributed by atoms with E-state index in [9.17, 15) is 9.18 Å². The number of anilines is 1. The molecule has 0 fully saturated rings. The zero-order valence-corrected chi connectivity index (χ0v) is 10.8. The van der Waals surface area contributed by atoms with Gasteiger partial charge >= 0.3 is 0 Å². The maximum atomic E-state index is 13.5. The van der Waals surface area contributed by atoms with E-state index < -0.39 is 5.82 Å². The highest BCUT2D eigenvalue weighted by Crippen LogP contribution is 2.18. The smallest absolute Gasteiger partial charge is 0.253 e. The summed E-state index contributed by atoms with van der Waals surface area (Å²) >= 11 is 0. The summed E-state index contributed by atoms with van der Waals surface area (Å²) in [5.41, 5.74) is 2.40. The molecule has 0 aliphatic rings. The Morgan fingerprint density at radius 1 is 1.45 bits per heavy atom. The van der Waals surface area contributed by atoms with Crippen LogP contribution in [0.1, 0.15) is 16.8 Å². The lowest BCUT2D eigenvalue weighted by Crippen LogP contribution is -2.27. The van der Waals surface area contributed by atoms with Crippen LogP contribution in [0.2, 0.25) is 0 Å². The summed E-state index contributed by atoms with van der Waals surface area (Å²) in [6.07, 6.45) is 6.02. The van der Waals surface area contributed by atoms with Crippen molar-refractivity contribution in [3.8, 4) is 0 Å². The van der Waals surface area contributed by atoms with E-state index in [4.69, 9.17) is 5.84 Å². The van der Waals surface area contributed by atoms with Crippen LogP contribution < -0.4 is 16.6 Å². The summed E-state index contributed by atoms with van der Waals surface area (Å²) in [5, 5.41) is 2.73. The van der Waals surface area contributed by atoms with Gasteiger partial charge in [-0.05, 0) is 18.6 Å². The van der Waals surface area contributed by atoms with Gasteiger partial charge in [0.1, 0.15) is 5.82 Å². The molecule has 4 N–H and O–H groups in total. The molecule has 106 valence electrons. The third-order valence-electron chi connectivity index (χ3n) is 2.84. The molecular formula is C13H16FN5O. The van der Waals surface area contributed by atoms with E-state index in [2.05, 4.69) is 15.7 Å². The number of nitrogens with zero attached hydrogens (tertiary/aromatic N) is 2. The molecule has 1 heterocycles. The molecule has 20 heavy (non-hydrogen) atoms. The number of nitrogens with one attached hydrogen (secondary N) is 2. The number of rotatable bonds is 6. The minimum atomic E-state index is -0.557. The molecule has 0 spiro atoms. The number of para-hydroxylation sites is 1. The second-order valence-corrected chi connectivity index (χ2v) is 4.22. The number of aryl methyl sites for hydroxylation is 1. The number of imidazole rings is 1. The first-order valence-electron chi connectivity index (χ1n) is 6.21. The van der Waals surface area contributed by atoms with Gasteiger partial charge in [-0.25, -0.2) is 9.37 Å². The van der Waals surface area contributed by atoms with Crippen molar-refractivity contribution >= 4 is 11.6 Å². The molecule has 2 rings (SSSR count). The van der Waals surface area contributed by atoms with Gasteiger partial charge in [0.05, 0.1) is 17.6 Å². The van der Waals surface area contributed by atoms with Gasteiger partial charge in [-0.2, -0.15) is 0 Å². The lowest BCUT2D eigenvalue weighted by atomic mass is 10.1. The van der Waals surface area contributed by atoms with Gasteiger partial charge in [-0.3, -0.25) is 10.6 Å². The monoisotopic (exact) mass is 277 g/mol. The molecule has 0 bridgehead atoms. The van der Waals surface area contributed by atoms with E-state index in [1.54, 1.807) is 12.5 Å². The summed E-state index contributed by atoms with van der Waals surface area (Å²) in [6, 6.07) is 4.23. The van der Waals surface area contributed by atoms with Gasteiger partial charge in [-0.15, -0.1) is 0 Å². The van der Waals surface area contributed by atoms with Crippen LogP contribution in [0.4, 0.5) is 10.1 Å². The van der Waals surface area contributed by atoms with Gasteiger partial charge in [0.15, 0.2) is 0 Å². The first kappa shape index (κ1) is 14.0. The molecule has 0 atom stereocenters. The topological polar surface area (TPSA) is 85.0 Å². The zero-order valence-electron chi connectivity index (χ0n) is 10.8. The van der Waals surface area contributed by atoms with Crippen LogP contribution in [-0.2, 0) is 6.54 Å². The Bertz CT molecular complexity index is 570. The highest BCUT2D eigenvalue weighted by atomic mass is 19.1. The molecule has 1 aromatic carbocycles. The third kappa shape index (κ3) is 3.33. The molecular weight excluding hydrogens is 261 g/mol. The predicted octanol–water partition coefficient (Wildman–Crippen LogP) is 1.13. The Balaban J connectivity index is 1.87. The summed E-state index contributed by atoms with van der Waals surface area (Å²) in [5.74, 6) is 4.31. The molecule has 0 unspecified atom stereocenters. The molecule has 0 aliphatic heterocycles. The van der Waals surface area contributed by atoms with E-state index >= 15 is 0 Å². The summed E-state index contributed by atoms with van der Waals surface area (Å²) in [7, 11) is 0. The SMILES string of the molecule is NNc1c(F)cccc1C(=O)NCCCn1ccnc1. The van der Waals surface area contributed by atoms with E-state index in [0.717, 1.165) is 13.0 Å². The number of amides is 1. The van der Waals surface area contributed by atoms with Crippen molar-refractivity contribution < 1.29 is 9.18 Å². The number of aromatic nitrogens is 2. The molecule has 0 aliphatic carbocycles. The molecule has 0 saturated heterocycles. The Kier molecular flexibility index (Phi) is 4.67. The van der Waals surface area contributed by atoms with Gasteiger partial charge in [0.2, 0.25) is 0 Å². The van der Waals surface area contributed by atoms with Crippen LogP contribution in [0.25, 0.3) is 0 Å². The van der Waals surface area contributed by atoms with Crippen LogP contribution in [0, 0.1) is 5.82 Å². The van der Waals surface area contributed by atoms with Crippen LogP contribution >= 0.6 is 0 Å². The van der Waals surface area contributed by atoms with Crippen LogP contribution in [-0.4, -0.2) is 22.0 Å². The first-order valence-corrected chi connectivity index (χ1v) is 6.21. The van der Waals surface area contributed by atoms with E-state index in [1.165, 1.54) is 18.2 Å². The van der Waals surface area contributed by atoms with Crippen LogP contribution in [0.15, 0.2) is 36.9 Å². The van der Waals surface area contributed by atoms with Crippen molar-refractivity contribution in [3.05, 3.63) is 48.3 Å². The summed E-state index contributed by atoms with van der Waals surface area (Å²) in [4.78, 5) is 15.9. The molecule has 1 amide bonds. The van der Waals surface area contributed by atoms with Crippen molar-refractivity contribution in [2.45, 2.75) is 13.0 Å². The van der Waals surface area contributed by atoms with Gasteiger partial charge < -0.3 is 15.3 Å². The summed E-state index contributed by atoms with van der Waals surface area (Å²) in [6.45, 7) is 1.24. The number of nitrogens with two attached hydrogens (primary N) is 1. The van der Waals surface area contributed by atoms with Gasteiger partial charge in [0.25, 0.3) is 5.91 Å². The summed E-state index contributed by atoms with van der Waals surface area (Å²) < 4.78 is 15.4. The number of halogens is 1. The zero-order chi connectivity index (χ0) is 14.4. The maximum Gasteiger partial charge on any atom is 0.253 e. The average Bonchev–Trinajstić information content (AvgIpc) is 2.96. The van der Waals surface area contributed by atoms with E-state index in [1.807, 2.05) is 10.8 Å². The molecule has 0 radical (unpaired) electrons. The van der Waals surface area contributed by atoms with Gasteiger partial charge in [0, 0.05) is 25.5 Å². The third-order valence-corrected chi connectivity index (χ3v) is 2.84. The minimum Gasteiger partial charge on any atom is -0.352 e. The van der Waals surface area contributed by atoms with Gasteiger partial charge in [-0.1, -0.05) is 6.07 Å². The van der Waals surface area contributed by atoms with Crippen molar-refractivity contribution in [2.75, 3.05) is 12.0 Å². The van der Waals surface area contributed by atoms with Crippen molar-refractivity contribution in [1.82, 2.24) is 14.9 Å². The Morgan fingerprint density at radius 2 is 2.30 bits per heavy atom. The van der Waals surface area contributed by atoms with Crippen molar-refractivity contribution in [1.29, 1.82) is 0 Å². The number of hydrogen-bond acceptors (Lipinski definition) is 4. The van der Waals surface area contributed by atoms with Crippen LogP contribution in [0.5, 0.6) is 0 Å². The lowest BCUT2D eigenvalue weighted by molar-refractivity contribution is 0.0953. The molecule has 7 heteroatoms. The predicted molar refractivity (Wildman–Crippen MR) is 73.4 cm³/mol. The number of benzene rings is 1. The van der Waals surface area contributed by atoms with Crippen molar-refractivity contribution in [2.24, 2.45) is 5.84 Å². The normalized spacial score (nSPS) is 10.3. The Labute approximate surface area is 115 Å². The molecule has 0 saturated carbocycles.